The van der Waals surface area contributed by atoms with Crippen molar-refractivity contribution < 1.29 is 22.6 Å². The second kappa shape index (κ2) is 6.29. The molecule has 142 valence electrons. The van der Waals surface area contributed by atoms with Crippen molar-refractivity contribution in [2.24, 2.45) is 0 Å². The van der Waals surface area contributed by atoms with Crippen LogP contribution in [0, 0.1) is 0 Å². The Hall–Kier alpha value is -3.04. The molecule has 10 heteroatoms. The van der Waals surface area contributed by atoms with E-state index >= 15 is 0 Å². The smallest absolute Gasteiger partial charge is 0.451 e. The molecule has 1 N–H and O–H groups in total. The fraction of sp³-hybridized carbons (Fsp3) is 0.353. The topological polar surface area (TPSA) is 74.1 Å². The van der Waals surface area contributed by atoms with Gasteiger partial charge in [0.15, 0.2) is 5.65 Å². The third-order valence-electron chi connectivity index (χ3n) is 4.19. The number of imidazole rings is 1. The normalized spacial score (nSPS) is 14.4. The third kappa shape index (κ3) is 3.22. The van der Waals surface area contributed by atoms with Crippen LogP contribution in [0.3, 0.4) is 0 Å². The van der Waals surface area contributed by atoms with Crippen molar-refractivity contribution >= 4 is 17.1 Å². The van der Waals surface area contributed by atoms with Crippen LogP contribution < -0.4 is 14.8 Å². The lowest BCUT2D eigenvalue weighted by Crippen LogP contribution is -2.12. The average molecular weight is 379 g/mol. The zero-order valence-electron chi connectivity index (χ0n) is 14.5. The number of methoxy groups -OCH3 is 2. The predicted octanol–water partition coefficient (Wildman–Crippen LogP) is 3.43. The molecule has 2 heterocycles. The van der Waals surface area contributed by atoms with Gasteiger partial charge >= 0.3 is 6.18 Å². The number of hydrogen-bond donors (Lipinski definition) is 1. The van der Waals surface area contributed by atoms with E-state index in [0.717, 1.165) is 19.0 Å². The van der Waals surface area contributed by atoms with Gasteiger partial charge in [-0.2, -0.15) is 13.2 Å². The van der Waals surface area contributed by atoms with E-state index in [0.29, 0.717) is 23.1 Å². The highest BCUT2D eigenvalue weighted by molar-refractivity contribution is 5.78. The Labute approximate surface area is 152 Å². The molecule has 0 spiro atoms. The van der Waals surface area contributed by atoms with Gasteiger partial charge in [0.05, 0.1) is 26.1 Å². The Morgan fingerprint density at radius 3 is 2.56 bits per heavy atom. The first-order chi connectivity index (χ1) is 12.9. The number of aromatic nitrogens is 4. The van der Waals surface area contributed by atoms with E-state index in [4.69, 9.17) is 9.47 Å². The van der Waals surface area contributed by atoms with Crippen LogP contribution in [0.15, 0.2) is 24.4 Å². The summed E-state index contributed by atoms with van der Waals surface area (Å²) < 4.78 is 51.4. The maximum absolute atomic E-state index is 13.1. The van der Waals surface area contributed by atoms with Crippen LogP contribution in [0.5, 0.6) is 11.5 Å². The highest BCUT2D eigenvalue weighted by atomic mass is 19.4. The van der Waals surface area contributed by atoms with E-state index in [1.54, 1.807) is 18.2 Å². The van der Waals surface area contributed by atoms with Crippen molar-refractivity contribution in [1.29, 1.82) is 0 Å². The Morgan fingerprint density at radius 2 is 1.93 bits per heavy atom. The Balaban J connectivity index is 1.95. The first-order valence-electron chi connectivity index (χ1n) is 8.22. The monoisotopic (exact) mass is 379 g/mol. The molecule has 1 aliphatic rings. The van der Waals surface area contributed by atoms with Gasteiger partial charge in [0.2, 0.25) is 11.8 Å². The molecule has 1 saturated carbocycles. The second-order valence-electron chi connectivity index (χ2n) is 6.13. The number of rotatable bonds is 5. The zero-order valence-corrected chi connectivity index (χ0v) is 14.5. The Kier molecular flexibility index (Phi) is 4.05. The number of halogens is 3. The lowest BCUT2D eigenvalue weighted by molar-refractivity contribution is -0.144. The fourth-order valence-electron chi connectivity index (χ4n) is 2.72. The fourth-order valence-corrected chi connectivity index (χ4v) is 2.72. The lowest BCUT2D eigenvalue weighted by Gasteiger charge is -2.15. The summed E-state index contributed by atoms with van der Waals surface area (Å²) in [5, 5.41) is 3.23. The molecule has 0 atom stereocenters. The van der Waals surface area contributed by atoms with Crippen LogP contribution in [0.2, 0.25) is 0 Å². The molecule has 1 aromatic carbocycles. The van der Waals surface area contributed by atoms with Crippen LogP contribution in [-0.4, -0.2) is 39.8 Å². The zero-order chi connectivity index (χ0) is 19.2. The van der Waals surface area contributed by atoms with Gasteiger partial charge in [-0.25, -0.2) is 15.0 Å². The quantitative estimate of drug-likeness (QED) is 0.732. The summed E-state index contributed by atoms with van der Waals surface area (Å²) in [4.78, 5) is 11.5. The molecule has 0 radical (unpaired) electrons. The number of nitrogens with one attached hydrogen (secondary N) is 1. The van der Waals surface area contributed by atoms with Crippen LogP contribution >= 0.6 is 0 Å². The number of alkyl halides is 3. The van der Waals surface area contributed by atoms with Gasteiger partial charge < -0.3 is 14.8 Å². The summed E-state index contributed by atoms with van der Waals surface area (Å²) in [5.41, 5.74) is 0.795. The van der Waals surface area contributed by atoms with Gasteiger partial charge in [0.25, 0.3) is 0 Å². The van der Waals surface area contributed by atoms with Crippen LogP contribution in [0.1, 0.15) is 18.7 Å². The van der Waals surface area contributed by atoms with E-state index in [1.165, 1.54) is 18.8 Å². The summed E-state index contributed by atoms with van der Waals surface area (Å²) in [6.07, 6.45) is -1.63. The average Bonchev–Trinajstić information content (AvgIpc) is 3.39. The molecule has 0 unspecified atom stereocenters. The molecular formula is C17H16F3N5O2. The lowest BCUT2D eigenvalue weighted by atomic mass is 10.2. The van der Waals surface area contributed by atoms with E-state index in [-0.39, 0.29) is 17.2 Å². The molecule has 0 bridgehead atoms. The van der Waals surface area contributed by atoms with Crippen LogP contribution in [0.25, 0.3) is 16.9 Å². The van der Waals surface area contributed by atoms with Crippen molar-refractivity contribution in [3.8, 4) is 17.2 Å². The molecule has 1 aliphatic carbocycles. The third-order valence-corrected chi connectivity index (χ3v) is 4.19. The number of nitrogens with zero attached hydrogens (tertiary/aromatic N) is 4. The number of benzene rings is 1. The van der Waals surface area contributed by atoms with Gasteiger partial charge in [-0.15, -0.1) is 0 Å². The minimum absolute atomic E-state index is 0.0453. The SMILES string of the molecule is COc1ccc(-n2c(NC3CC3)nc3cnc(C(F)(F)F)nc32)c(OC)c1. The number of hydrogen-bond acceptors (Lipinski definition) is 6. The molecule has 7 nitrogen and oxygen atoms in total. The van der Waals surface area contributed by atoms with Crippen LogP contribution in [-0.2, 0) is 6.18 Å². The molecule has 1 fully saturated rings. The molecule has 2 aromatic heterocycles. The van der Waals surface area contributed by atoms with Gasteiger partial charge in [-0.3, -0.25) is 4.57 Å². The number of anilines is 1. The highest BCUT2D eigenvalue weighted by Gasteiger charge is 2.36. The first kappa shape index (κ1) is 17.4. The van der Waals surface area contributed by atoms with Gasteiger partial charge in [-0.1, -0.05) is 0 Å². The van der Waals surface area contributed by atoms with Gasteiger partial charge in [0, 0.05) is 12.1 Å². The molecule has 0 saturated heterocycles. The standard InChI is InChI=1S/C17H16F3N5O2/c1-26-10-5-6-12(13(7-10)27-2)25-14-11(23-16(25)22-9-3-4-9)8-21-15(24-14)17(18,19)20/h5-9H,3-4H2,1-2H3,(H,22,23). The predicted molar refractivity (Wildman–Crippen MR) is 91.4 cm³/mol. The summed E-state index contributed by atoms with van der Waals surface area (Å²) in [6.45, 7) is 0. The maximum atomic E-state index is 13.1. The summed E-state index contributed by atoms with van der Waals surface area (Å²) >= 11 is 0. The van der Waals surface area contributed by atoms with Crippen molar-refractivity contribution in [2.75, 3.05) is 19.5 Å². The molecule has 4 rings (SSSR count). The first-order valence-corrected chi connectivity index (χ1v) is 8.22. The van der Waals surface area contributed by atoms with E-state index in [9.17, 15) is 13.2 Å². The largest absolute Gasteiger partial charge is 0.497 e. The number of ether oxygens (including phenoxy) is 2. The summed E-state index contributed by atoms with van der Waals surface area (Å²) in [6, 6.07) is 5.26. The molecule has 0 amide bonds. The van der Waals surface area contributed by atoms with Crippen LogP contribution in [0.4, 0.5) is 19.1 Å². The van der Waals surface area contributed by atoms with Gasteiger partial charge in [0.1, 0.15) is 17.0 Å². The summed E-state index contributed by atoms with van der Waals surface area (Å²) in [5.74, 6) is 0.146. The van der Waals surface area contributed by atoms with Crippen molar-refractivity contribution in [3.05, 3.63) is 30.2 Å². The second-order valence-corrected chi connectivity index (χ2v) is 6.13. The van der Waals surface area contributed by atoms with Gasteiger partial charge in [-0.05, 0) is 25.0 Å². The Bertz CT molecular complexity index is 998. The molecular weight excluding hydrogens is 363 g/mol. The van der Waals surface area contributed by atoms with Crippen molar-refractivity contribution in [1.82, 2.24) is 19.5 Å². The van der Waals surface area contributed by atoms with Crippen molar-refractivity contribution in [2.45, 2.75) is 25.1 Å². The van der Waals surface area contributed by atoms with E-state index in [1.807, 2.05) is 0 Å². The minimum Gasteiger partial charge on any atom is -0.497 e. The minimum atomic E-state index is -4.66. The van der Waals surface area contributed by atoms with E-state index in [2.05, 4.69) is 20.3 Å². The highest BCUT2D eigenvalue weighted by Crippen LogP contribution is 2.35. The van der Waals surface area contributed by atoms with E-state index < -0.39 is 12.0 Å². The molecule has 0 aliphatic heterocycles. The summed E-state index contributed by atoms with van der Waals surface area (Å²) in [7, 11) is 2.99. The Morgan fingerprint density at radius 1 is 1.15 bits per heavy atom. The molecule has 27 heavy (non-hydrogen) atoms. The number of fused-ring (bicyclic) bond motifs is 1. The molecule has 3 aromatic rings. The maximum Gasteiger partial charge on any atom is 0.451 e. The van der Waals surface area contributed by atoms with Crippen molar-refractivity contribution in [3.63, 3.8) is 0 Å².